The number of aromatic nitrogens is 2. The van der Waals surface area contributed by atoms with Crippen molar-refractivity contribution >= 4 is 27.5 Å². The molecule has 0 aromatic carbocycles. The average Bonchev–Trinajstić information content (AvgIpc) is 2.81. The number of carbonyl (C=O) groups excluding carboxylic acids is 1. The van der Waals surface area contributed by atoms with Crippen LogP contribution in [-0.4, -0.2) is 28.0 Å². The molecule has 2 heterocycles. The van der Waals surface area contributed by atoms with E-state index in [1.54, 1.807) is 0 Å². The number of nitrogens with one attached hydrogen (secondary N) is 3. The first-order valence-electron chi connectivity index (χ1n) is 6.83. The lowest BCUT2D eigenvalue weighted by molar-refractivity contribution is -0.122. The highest BCUT2D eigenvalue weighted by Gasteiger charge is 2.13. The fraction of sp³-hybridized carbons (Fsp3) is 0.500. The van der Waals surface area contributed by atoms with Crippen molar-refractivity contribution in [1.82, 2.24) is 20.6 Å². The standard InChI is InChI=1S/C14H20N4O2S/c1-14(2,3)18-11(19)4-6-15-8-10-16-9-5-7-21-12(9)13(20)17-10/h5,7,15H,4,6,8H2,1-3H3,(H,18,19)(H,16,17,20). The Morgan fingerprint density at radius 1 is 1.43 bits per heavy atom. The first-order chi connectivity index (χ1) is 9.85. The number of hydrogen-bond donors (Lipinski definition) is 3. The topological polar surface area (TPSA) is 86.9 Å². The molecule has 21 heavy (non-hydrogen) atoms. The minimum atomic E-state index is -0.214. The number of aromatic amines is 1. The SMILES string of the molecule is CC(C)(C)NC(=O)CCNCc1nc2ccsc2c(=O)[nH]1. The summed E-state index contributed by atoms with van der Waals surface area (Å²) in [5.74, 6) is 0.590. The van der Waals surface area contributed by atoms with Crippen LogP contribution in [-0.2, 0) is 11.3 Å². The molecular weight excluding hydrogens is 288 g/mol. The van der Waals surface area contributed by atoms with E-state index in [2.05, 4.69) is 20.6 Å². The van der Waals surface area contributed by atoms with Gasteiger partial charge in [0.15, 0.2) is 0 Å². The Labute approximate surface area is 127 Å². The molecule has 0 aliphatic rings. The molecule has 0 bridgehead atoms. The van der Waals surface area contributed by atoms with Gasteiger partial charge in [-0.2, -0.15) is 0 Å². The van der Waals surface area contributed by atoms with Gasteiger partial charge in [-0.25, -0.2) is 4.98 Å². The highest BCUT2D eigenvalue weighted by molar-refractivity contribution is 7.17. The van der Waals surface area contributed by atoms with Gasteiger partial charge in [0.2, 0.25) is 5.91 Å². The van der Waals surface area contributed by atoms with Crippen molar-refractivity contribution in [3.63, 3.8) is 0 Å². The van der Waals surface area contributed by atoms with Crippen LogP contribution in [0.5, 0.6) is 0 Å². The molecule has 0 unspecified atom stereocenters. The average molecular weight is 308 g/mol. The van der Waals surface area contributed by atoms with Crippen molar-refractivity contribution < 1.29 is 4.79 Å². The molecule has 6 nitrogen and oxygen atoms in total. The summed E-state index contributed by atoms with van der Waals surface area (Å²) < 4.78 is 0.642. The predicted molar refractivity (Wildman–Crippen MR) is 84.5 cm³/mol. The Kier molecular flexibility index (Phi) is 4.74. The van der Waals surface area contributed by atoms with Gasteiger partial charge < -0.3 is 15.6 Å². The quantitative estimate of drug-likeness (QED) is 0.728. The third-order valence-electron chi connectivity index (χ3n) is 2.70. The van der Waals surface area contributed by atoms with Gasteiger partial charge in [0.05, 0.1) is 12.1 Å². The summed E-state index contributed by atoms with van der Waals surface area (Å²) in [5, 5.41) is 7.86. The molecule has 0 saturated carbocycles. The molecule has 7 heteroatoms. The second-order valence-corrected chi connectivity index (χ2v) is 6.79. The van der Waals surface area contributed by atoms with Gasteiger partial charge in [0, 0.05) is 18.5 Å². The highest BCUT2D eigenvalue weighted by Crippen LogP contribution is 2.13. The van der Waals surface area contributed by atoms with Crippen LogP contribution in [0, 0.1) is 0 Å². The summed E-state index contributed by atoms with van der Waals surface area (Å²) in [6.07, 6.45) is 0.391. The predicted octanol–water partition coefficient (Wildman–Crippen LogP) is 1.38. The van der Waals surface area contributed by atoms with Crippen molar-refractivity contribution in [3.05, 3.63) is 27.6 Å². The maximum Gasteiger partial charge on any atom is 0.268 e. The van der Waals surface area contributed by atoms with Gasteiger partial charge in [-0.15, -0.1) is 11.3 Å². The van der Waals surface area contributed by atoms with Gasteiger partial charge in [-0.05, 0) is 32.2 Å². The summed E-state index contributed by atoms with van der Waals surface area (Å²) in [6, 6.07) is 1.83. The monoisotopic (exact) mass is 308 g/mol. The molecule has 2 aromatic rings. The number of fused-ring (bicyclic) bond motifs is 1. The van der Waals surface area contributed by atoms with E-state index in [-0.39, 0.29) is 17.0 Å². The van der Waals surface area contributed by atoms with Gasteiger partial charge in [0.1, 0.15) is 10.5 Å². The molecule has 3 N–H and O–H groups in total. The largest absolute Gasteiger partial charge is 0.351 e. The van der Waals surface area contributed by atoms with Crippen LogP contribution in [0.15, 0.2) is 16.2 Å². The number of thiophene rings is 1. The number of carbonyl (C=O) groups is 1. The molecule has 2 rings (SSSR count). The van der Waals surface area contributed by atoms with Crippen molar-refractivity contribution in [1.29, 1.82) is 0 Å². The van der Waals surface area contributed by atoms with Crippen LogP contribution in [0.4, 0.5) is 0 Å². The fourth-order valence-electron chi connectivity index (χ4n) is 1.89. The van der Waals surface area contributed by atoms with Gasteiger partial charge in [-0.1, -0.05) is 0 Å². The molecule has 1 amide bonds. The van der Waals surface area contributed by atoms with Gasteiger partial charge in [-0.3, -0.25) is 9.59 Å². The smallest absolute Gasteiger partial charge is 0.268 e. The first kappa shape index (κ1) is 15.7. The molecule has 0 atom stereocenters. The van der Waals surface area contributed by atoms with E-state index in [4.69, 9.17) is 0 Å². The van der Waals surface area contributed by atoms with E-state index in [1.165, 1.54) is 11.3 Å². The lowest BCUT2D eigenvalue weighted by Crippen LogP contribution is -2.41. The van der Waals surface area contributed by atoms with Crippen molar-refractivity contribution in [2.24, 2.45) is 0 Å². The molecule has 0 spiro atoms. The van der Waals surface area contributed by atoms with Crippen molar-refractivity contribution in [2.75, 3.05) is 6.54 Å². The number of H-pyrrole nitrogens is 1. The molecule has 0 radical (unpaired) electrons. The number of amides is 1. The van der Waals surface area contributed by atoms with Crippen LogP contribution in [0.3, 0.4) is 0 Å². The molecule has 2 aromatic heterocycles. The van der Waals surface area contributed by atoms with E-state index in [0.717, 1.165) is 0 Å². The lowest BCUT2D eigenvalue weighted by atomic mass is 10.1. The van der Waals surface area contributed by atoms with Crippen LogP contribution >= 0.6 is 11.3 Å². The third-order valence-corrected chi connectivity index (χ3v) is 3.60. The van der Waals surface area contributed by atoms with Crippen molar-refractivity contribution in [2.45, 2.75) is 39.3 Å². The molecule has 0 aliphatic carbocycles. The minimum absolute atomic E-state index is 0.00439. The second-order valence-electron chi connectivity index (χ2n) is 5.87. The lowest BCUT2D eigenvalue weighted by Gasteiger charge is -2.20. The summed E-state index contributed by atoms with van der Waals surface area (Å²) in [7, 11) is 0. The van der Waals surface area contributed by atoms with E-state index in [0.29, 0.717) is 35.6 Å². The zero-order chi connectivity index (χ0) is 15.5. The maximum atomic E-state index is 11.8. The van der Waals surface area contributed by atoms with Crippen LogP contribution in [0.2, 0.25) is 0 Å². The zero-order valence-corrected chi connectivity index (χ0v) is 13.3. The normalized spacial score (nSPS) is 11.8. The van der Waals surface area contributed by atoms with E-state index < -0.39 is 0 Å². The summed E-state index contributed by atoms with van der Waals surface area (Å²) in [5.41, 5.74) is 0.386. The Hall–Kier alpha value is -1.73. The fourth-order valence-corrected chi connectivity index (χ4v) is 2.62. The Morgan fingerprint density at radius 3 is 2.90 bits per heavy atom. The second kappa shape index (κ2) is 6.36. The Morgan fingerprint density at radius 2 is 2.19 bits per heavy atom. The summed E-state index contributed by atoms with van der Waals surface area (Å²) >= 11 is 1.38. The number of nitrogens with zero attached hydrogens (tertiary/aromatic N) is 1. The Bertz CT molecular complexity index is 684. The summed E-state index contributed by atoms with van der Waals surface area (Å²) in [4.78, 5) is 30.5. The molecule has 0 fully saturated rings. The van der Waals surface area contributed by atoms with Gasteiger partial charge in [0.25, 0.3) is 5.56 Å². The number of rotatable bonds is 5. The zero-order valence-electron chi connectivity index (χ0n) is 12.4. The Balaban J connectivity index is 1.83. The minimum Gasteiger partial charge on any atom is -0.351 e. The van der Waals surface area contributed by atoms with Crippen LogP contribution in [0.25, 0.3) is 10.2 Å². The molecule has 0 aliphatic heterocycles. The maximum absolute atomic E-state index is 11.8. The van der Waals surface area contributed by atoms with E-state index in [9.17, 15) is 9.59 Å². The van der Waals surface area contributed by atoms with Gasteiger partial charge >= 0.3 is 0 Å². The first-order valence-corrected chi connectivity index (χ1v) is 7.71. The number of hydrogen-bond acceptors (Lipinski definition) is 5. The molecule has 0 saturated heterocycles. The molecule has 114 valence electrons. The van der Waals surface area contributed by atoms with Crippen LogP contribution in [0.1, 0.15) is 33.0 Å². The highest BCUT2D eigenvalue weighted by atomic mass is 32.1. The van der Waals surface area contributed by atoms with Crippen LogP contribution < -0.4 is 16.2 Å². The van der Waals surface area contributed by atoms with E-state index >= 15 is 0 Å². The third kappa shape index (κ3) is 4.64. The van der Waals surface area contributed by atoms with Crippen molar-refractivity contribution in [3.8, 4) is 0 Å². The summed E-state index contributed by atoms with van der Waals surface area (Å²) in [6.45, 7) is 6.81. The molecular formula is C14H20N4O2S. The van der Waals surface area contributed by atoms with E-state index in [1.807, 2.05) is 32.2 Å².